The van der Waals surface area contributed by atoms with Crippen molar-refractivity contribution in [1.29, 1.82) is 0 Å². The maximum atomic E-state index is 10.7. The zero-order valence-corrected chi connectivity index (χ0v) is 6.23. The van der Waals surface area contributed by atoms with Crippen molar-refractivity contribution in [3.63, 3.8) is 0 Å². The van der Waals surface area contributed by atoms with Crippen molar-refractivity contribution in [1.82, 2.24) is 0 Å². The van der Waals surface area contributed by atoms with E-state index >= 15 is 0 Å². The standard InChI is InChI=1S/C8H12O3/c9-6-3-4-1-2-5(6)7(4)8(10)11/h4-7,9H,1-3H2,(H,10,11)/t4-,5+,6-,7+/m1/s1. The molecule has 0 spiro atoms. The van der Waals surface area contributed by atoms with E-state index in [1.807, 2.05) is 0 Å². The molecule has 2 aliphatic carbocycles. The summed E-state index contributed by atoms with van der Waals surface area (Å²) in [6.45, 7) is 0. The summed E-state index contributed by atoms with van der Waals surface area (Å²) >= 11 is 0. The maximum Gasteiger partial charge on any atom is 0.307 e. The molecule has 2 rings (SSSR count). The van der Waals surface area contributed by atoms with Crippen LogP contribution in [0.4, 0.5) is 0 Å². The van der Waals surface area contributed by atoms with Gasteiger partial charge in [0.15, 0.2) is 0 Å². The van der Waals surface area contributed by atoms with Crippen molar-refractivity contribution in [2.45, 2.75) is 25.4 Å². The Morgan fingerprint density at radius 2 is 2.09 bits per heavy atom. The zero-order valence-electron chi connectivity index (χ0n) is 6.23. The smallest absolute Gasteiger partial charge is 0.307 e. The summed E-state index contributed by atoms with van der Waals surface area (Å²) in [6, 6.07) is 0. The van der Waals surface area contributed by atoms with Gasteiger partial charge < -0.3 is 10.2 Å². The molecule has 0 unspecified atom stereocenters. The molecule has 0 saturated heterocycles. The number of rotatable bonds is 1. The second kappa shape index (κ2) is 2.21. The normalized spacial score (nSPS) is 48.1. The molecule has 4 atom stereocenters. The molecule has 3 heteroatoms. The van der Waals surface area contributed by atoms with Crippen molar-refractivity contribution in [3.8, 4) is 0 Å². The van der Waals surface area contributed by atoms with Crippen molar-refractivity contribution >= 4 is 5.97 Å². The fourth-order valence-corrected chi connectivity index (χ4v) is 2.68. The lowest BCUT2D eigenvalue weighted by atomic mass is 9.97. The van der Waals surface area contributed by atoms with Gasteiger partial charge in [0.1, 0.15) is 0 Å². The first-order valence-corrected chi connectivity index (χ1v) is 4.11. The van der Waals surface area contributed by atoms with Crippen LogP contribution in [0.25, 0.3) is 0 Å². The van der Waals surface area contributed by atoms with E-state index in [0.717, 1.165) is 12.8 Å². The van der Waals surface area contributed by atoms with Crippen LogP contribution in [0, 0.1) is 17.8 Å². The Morgan fingerprint density at radius 3 is 2.36 bits per heavy atom. The predicted molar refractivity (Wildman–Crippen MR) is 38.0 cm³/mol. The van der Waals surface area contributed by atoms with E-state index < -0.39 is 5.97 Å². The quantitative estimate of drug-likeness (QED) is 0.580. The summed E-state index contributed by atoms with van der Waals surface area (Å²) in [6.07, 6.45) is 2.28. The number of aliphatic carboxylic acids is 1. The Labute approximate surface area is 65.0 Å². The summed E-state index contributed by atoms with van der Waals surface area (Å²) in [5.74, 6) is -0.649. The molecule has 0 radical (unpaired) electrons. The summed E-state index contributed by atoms with van der Waals surface area (Å²) in [4.78, 5) is 10.7. The molecule has 3 nitrogen and oxygen atoms in total. The summed E-state index contributed by atoms with van der Waals surface area (Å²) < 4.78 is 0. The molecule has 2 saturated carbocycles. The SMILES string of the molecule is O=C(O)[C@H]1[C@@H]2CC[C@H]1[C@H](O)C2. The lowest BCUT2D eigenvalue weighted by Gasteiger charge is -2.14. The van der Waals surface area contributed by atoms with E-state index in [1.54, 1.807) is 0 Å². The molecule has 11 heavy (non-hydrogen) atoms. The molecule has 0 aromatic rings. The van der Waals surface area contributed by atoms with Gasteiger partial charge in [-0.3, -0.25) is 4.79 Å². The van der Waals surface area contributed by atoms with Crippen molar-refractivity contribution in [3.05, 3.63) is 0 Å². The van der Waals surface area contributed by atoms with Crippen LogP contribution >= 0.6 is 0 Å². The Hall–Kier alpha value is -0.570. The molecule has 62 valence electrons. The minimum absolute atomic E-state index is 0.0532. The molecule has 2 fully saturated rings. The first-order chi connectivity index (χ1) is 5.20. The van der Waals surface area contributed by atoms with E-state index in [4.69, 9.17) is 5.11 Å². The fourth-order valence-electron chi connectivity index (χ4n) is 2.68. The van der Waals surface area contributed by atoms with Gasteiger partial charge in [-0.1, -0.05) is 0 Å². The van der Waals surface area contributed by atoms with Crippen molar-refractivity contribution in [2.24, 2.45) is 17.8 Å². The Morgan fingerprint density at radius 1 is 1.36 bits per heavy atom. The van der Waals surface area contributed by atoms with E-state index in [-0.39, 0.29) is 23.9 Å². The van der Waals surface area contributed by atoms with Crippen LogP contribution in [-0.4, -0.2) is 22.3 Å². The molecule has 2 N–H and O–H groups in total. The number of carboxylic acids is 1. The highest BCUT2D eigenvalue weighted by atomic mass is 16.4. The molecule has 0 amide bonds. The summed E-state index contributed by atoms with van der Waals surface area (Å²) in [5, 5.41) is 18.2. The summed E-state index contributed by atoms with van der Waals surface area (Å²) in [5.41, 5.74) is 0. The highest BCUT2D eigenvalue weighted by molar-refractivity contribution is 5.71. The molecule has 2 aliphatic rings. The minimum atomic E-state index is -0.714. The molecule has 2 bridgehead atoms. The molecular formula is C8H12O3. The van der Waals surface area contributed by atoms with Gasteiger partial charge >= 0.3 is 5.97 Å². The minimum Gasteiger partial charge on any atom is -0.481 e. The Balaban J connectivity index is 2.19. The molecule has 0 aromatic carbocycles. The third-order valence-electron chi connectivity index (χ3n) is 3.16. The topological polar surface area (TPSA) is 57.5 Å². The van der Waals surface area contributed by atoms with Gasteiger partial charge in [0, 0.05) is 0 Å². The third kappa shape index (κ3) is 0.872. The molecule has 0 aromatic heterocycles. The van der Waals surface area contributed by atoms with E-state index in [0.29, 0.717) is 6.42 Å². The van der Waals surface area contributed by atoms with Gasteiger partial charge in [-0.25, -0.2) is 0 Å². The Kier molecular flexibility index (Phi) is 1.42. The zero-order chi connectivity index (χ0) is 8.01. The van der Waals surface area contributed by atoms with E-state index in [9.17, 15) is 9.90 Å². The van der Waals surface area contributed by atoms with Gasteiger partial charge in [-0.05, 0) is 31.1 Å². The van der Waals surface area contributed by atoms with Crippen LogP contribution in [0.1, 0.15) is 19.3 Å². The maximum absolute atomic E-state index is 10.7. The van der Waals surface area contributed by atoms with Crippen LogP contribution < -0.4 is 0 Å². The number of carbonyl (C=O) groups is 1. The van der Waals surface area contributed by atoms with Crippen LogP contribution in [0.15, 0.2) is 0 Å². The number of hydrogen-bond donors (Lipinski definition) is 2. The molecule has 0 heterocycles. The van der Waals surface area contributed by atoms with Gasteiger partial charge in [0.2, 0.25) is 0 Å². The van der Waals surface area contributed by atoms with Crippen molar-refractivity contribution < 1.29 is 15.0 Å². The highest BCUT2D eigenvalue weighted by Gasteiger charge is 2.50. The van der Waals surface area contributed by atoms with Crippen LogP contribution in [-0.2, 0) is 4.79 Å². The lowest BCUT2D eigenvalue weighted by molar-refractivity contribution is -0.143. The van der Waals surface area contributed by atoms with E-state index in [1.165, 1.54) is 0 Å². The first-order valence-electron chi connectivity index (χ1n) is 4.11. The van der Waals surface area contributed by atoms with Gasteiger partial charge in [0.05, 0.1) is 12.0 Å². The fraction of sp³-hybridized carbons (Fsp3) is 0.875. The second-order valence-electron chi connectivity index (χ2n) is 3.67. The number of aliphatic hydroxyl groups excluding tert-OH is 1. The number of aliphatic hydroxyl groups is 1. The summed E-state index contributed by atoms with van der Waals surface area (Å²) in [7, 11) is 0. The van der Waals surface area contributed by atoms with Crippen molar-refractivity contribution in [2.75, 3.05) is 0 Å². The predicted octanol–water partition coefficient (Wildman–Crippen LogP) is 0.478. The van der Waals surface area contributed by atoms with Gasteiger partial charge in [-0.2, -0.15) is 0 Å². The van der Waals surface area contributed by atoms with Gasteiger partial charge in [0.25, 0.3) is 0 Å². The van der Waals surface area contributed by atoms with E-state index in [2.05, 4.69) is 0 Å². The first kappa shape index (κ1) is 7.10. The number of carboxylic acid groups (broad SMARTS) is 1. The molecule has 0 aliphatic heterocycles. The number of fused-ring (bicyclic) bond motifs is 2. The van der Waals surface area contributed by atoms with Crippen LogP contribution in [0.2, 0.25) is 0 Å². The largest absolute Gasteiger partial charge is 0.481 e. The lowest BCUT2D eigenvalue weighted by Crippen LogP contribution is -2.22. The Bertz CT molecular complexity index is 190. The van der Waals surface area contributed by atoms with Gasteiger partial charge in [-0.15, -0.1) is 0 Å². The highest BCUT2D eigenvalue weighted by Crippen LogP contribution is 2.49. The number of hydrogen-bond acceptors (Lipinski definition) is 2. The van der Waals surface area contributed by atoms with Crippen LogP contribution in [0.3, 0.4) is 0 Å². The van der Waals surface area contributed by atoms with Crippen LogP contribution in [0.5, 0.6) is 0 Å². The monoisotopic (exact) mass is 156 g/mol. The average molecular weight is 156 g/mol. The third-order valence-corrected chi connectivity index (χ3v) is 3.16. The average Bonchev–Trinajstić information content (AvgIpc) is 2.41. The second-order valence-corrected chi connectivity index (χ2v) is 3.67. The molecular weight excluding hydrogens is 144 g/mol.